The molecule has 0 saturated carbocycles. The van der Waals surface area contributed by atoms with Gasteiger partial charge in [-0.1, -0.05) is 35.9 Å². The molecule has 0 bridgehead atoms. The molecule has 4 heteroatoms. The van der Waals surface area contributed by atoms with Gasteiger partial charge in [0.25, 0.3) is 0 Å². The molecule has 2 unspecified atom stereocenters. The van der Waals surface area contributed by atoms with Gasteiger partial charge in [0.05, 0.1) is 5.02 Å². The van der Waals surface area contributed by atoms with Crippen LogP contribution in [0.3, 0.4) is 0 Å². The Morgan fingerprint density at radius 2 is 1.65 bits per heavy atom. The Hall–Kier alpha value is -1.45. The number of benzene rings is 2. The molecule has 0 aromatic heterocycles. The zero-order valence-corrected chi connectivity index (χ0v) is 12.1. The molecule has 0 fully saturated rings. The quantitative estimate of drug-likeness (QED) is 0.834. The highest BCUT2D eigenvalue weighted by Crippen LogP contribution is 2.24. The monoisotopic (exact) mass is 295 g/mol. The molecule has 0 saturated heterocycles. The summed E-state index contributed by atoms with van der Waals surface area (Å²) in [6.07, 6.45) is 0. The zero-order valence-electron chi connectivity index (χ0n) is 11.3. The summed E-state index contributed by atoms with van der Waals surface area (Å²) in [6, 6.07) is 11.0. The maximum absolute atomic E-state index is 13.7. The van der Waals surface area contributed by atoms with Crippen molar-refractivity contribution in [3.63, 3.8) is 0 Å². The maximum Gasteiger partial charge on any atom is 0.141 e. The van der Waals surface area contributed by atoms with Gasteiger partial charge in [-0.3, -0.25) is 0 Å². The standard InChI is InChI=1S/C16H16ClF2N/c1-10(12-7-8-16(19)14(17)9-12)20-11(2)13-5-3-4-6-15(13)18/h3-11,20H,1-2H3. The Labute approximate surface area is 122 Å². The van der Waals surface area contributed by atoms with Gasteiger partial charge in [0.1, 0.15) is 11.6 Å². The van der Waals surface area contributed by atoms with Crippen LogP contribution in [-0.2, 0) is 0 Å². The first-order chi connectivity index (χ1) is 9.49. The number of rotatable bonds is 4. The molecule has 2 atom stereocenters. The average molecular weight is 296 g/mol. The lowest BCUT2D eigenvalue weighted by molar-refractivity contribution is 0.473. The Balaban J connectivity index is 2.13. The fourth-order valence-corrected chi connectivity index (χ4v) is 2.36. The van der Waals surface area contributed by atoms with Crippen molar-refractivity contribution in [3.8, 4) is 0 Å². The lowest BCUT2D eigenvalue weighted by Gasteiger charge is -2.21. The van der Waals surface area contributed by atoms with Gasteiger partial charge in [-0.15, -0.1) is 0 Å². The second-order valence-electron chi connectivity index (χ2n) is 4.81. The van der Waals surface area contributed by atoms with E-state index in [4.69, 9.17) is 11.6 Å². The van der Waals surface area contributed by atoms with Crippen LogP contribution >= 0.6 is 11.6 Å². The van der Waals surface area contributed by atoms with Crippen LogP contribution in [0.2, 0.25) is 5.02 Å². The van der Waals surface area contributed by atoms with Crippen molar-refractivity contribution in [1.82, 2.24) is 5.32 Å². The molecule has 2 aromatic rings. The minimum Gasteiger partial charge on any atom is -0.304 e. The van der Waals surface area contributed by atoms with Crippen LogP contribution in [0.4, 0.5) is 8.78 Å². The van der Waals surface area contributed by atoms with E-state index in [0.29, 0.717) is 5.56 Å². The van der Waals surface area contributed by atoms with Crippen LogP contribution in [0.15, 0.2) is 42.5 Å². The molecule has 0 spiro atoms. The lowest BCUT2D eigenvalue weighted by atomic mass is 10.0. The molecule has 1 nitrogen and oxygen atoms in total. The van der Waals surface area contributed by atoms with Crippen molar-refractivity contribution >= 4 is 11.6 Å². The van der Waals surface area contributed by atoms with Crippen LogP contribution in [0.5, 0.6) is 0 Å². The highest BCUT2D eigenvalue weighted by molar-refractivity contribution is 6.30. The third-order valence-electron chi connectivity index (χ3n) is 3.32. The molecule has 106 valence electrons. The van der Waals surface area contributed by atoms with Crippen LogP contribution < -0.4 is 5.32 Å². The second-order valence-corrected chi connectivity index (χ2v) is 5.21. The topological polar surface area (TPSA) is 12.0 Å². The van der Waals surface area contributed by atoms with E-state index in [2.05, 4.69) is 5.32 Å². The van der Waals surface area contributed by atoms with Crippen LogP contribution in [0, 0.1) is 11.6 Å². The number of halogens is 3. The van der Waals surface area contributed by atoms with Crippen LogP contribution in [-0.4, -0.2) is 0 Å². The van der Waals surface area contributed by atoms with Crippen molar-refractivity contribution in [3.05, 3.63) is 70.2 Å². The summed E-state index contributed by atoms with van der Waals surface area (Å²) in [5, 5.41) is 3.37. The highest BCUT2D eigenvalue weighted by atomic mass is 35.5. The molecule has 20 heavy (non-hydrogen) atoms. The third-order valence-corrected chi connectivity index (χ3v) is 3.61. The van der Waals surface area contributed by atoms with E-state index in [1.54, 1.807) is 30.3 Å². The first-order valence-corrected chi connectivity index (χ1v) is 6.82. The molecular formula is C16H16ClF2N. The molecule has 2 aromatic carbocycles. The second kappa shape index (κ2) is 6.33. The minimum absolute atomic E-state index is 0.0669. The molecule has 0 heterocycles. The smallest absolute Gasteiger partial charge is 0.141 e. The van der Waals surface area contributed by atoms with E-state index in [0.717, 1.165) is 5.56 Å². The summed E-state index contributed by atoms with van der Waals surface area (Å²) in [6.45, 7) is 3.82. The SMILES string of the molecule is CC(NC(C)c1ccccc1F)c1ccc(F)c(Cl)c1. The van der Waals surface area contributed by atoms with Gasteiger partial charge in [0.15, 0.2) is 0 Å². The van der Waals surface area contributed by atoms with E-state index < -0.39 is 5.82 Å². The number of nitrogens with one attached hydrogen (secondary N) is 1. The average Bonchev–Trinajstić information content (AvgIpc) is 2.42. The first kappa shape index (κ1) is 14.9. The summed E-state index contributed by atoms with van der Waals surface area (Å²) in [5.41, 5.74) is 1.46. The van der Waals surface area contributed by atoms with Gasteiger partial charge < -0.3 is 5.32 Å². The van der Waals surface area contributed by atoms with Gasteiger partial charge in [-0.2, -0.15) is 0 Å². The van der Waals surface area contributed by atoms with Gasteiger partial charge >= 0.3 is 0 Å². The molecule has 0 aliphatic rings. The van der Waals surface area contributed by atoms with E-state index in [9.17, 15) is 8.78 Å². The Morgan fingerprint density at radius 1 is 0.950 bits per heavy atom. The molecule has 0 radical (unpaired) electrons. The number of hydrogen-bond donors (Lipinski definition) is 1. The normalized spacial score (nSPS) is 14.1. The number of hydrogen-bond acceptors (Lipinski definition) is 1. The van der Waals surface area contributed by atoms with Gasteiger partial charge in [0.2, 0.25) is 0 Å². The fourth-order valence-electron chi connectivity index (χ4n) is 2.17. The van der Waals surface area contributed by atoms with Crippen molar-refractivity contribution < 1.29 is 8.78 Å². The van der Waals surface area contributed by atoms with E-state index in [-0.39, 0.29) is 22.9 Å². The maximum atomic E-state index is 13.7. The van der Waals surface area contributed by atoms with Gasteiger partial charge in [-0.05, 0) is 37.6 Å². The summed E-state index contributed by atoms with van der Waals surface area (Å²) in [7, 11) is 0. The summed E-state index contributed by atoms with van der Waals surface area (Å²) >= 11 is 5.77. The molecule has 0 amide bonds. The Bertz CT molecular complexity index is 601. The molecule has 0 aliphatic carbocycles. The molecule has 2 rings (SSSR count). The van der Waals surface area contributed by atoms with Crippen LogP contribution in [0.1, 0.15) is 37.1 Å². The van der Waals surface area contributed by atoms with E-state index in [1.807, 2.05) is 13.8 Å². The first-order valence-electron chi connectivity index (χ1n) is 6.44. The largest absolute Gasteiger partial charge is 0.304 e. The minimum atomic E-state index is -0.440. The molecule has 0 aliphatic heterocycles. The Kier molecular flexibility index (Phi) is 4.73. The highest BCUT2D eigenvalue weighted by Gasteiger charge is 2.14. The van der Waals surface area contributed by atoms with Crippen molar-refractivity contribution in [2.45, 2.75) is 25.9 Å². The fraction of sp³-hybridized carbons (Fsp3) is 0.250. The van der Waals surface area contributed by atoms with Crippen LogP contribution in [0.25, 0.3) is 0 Å². The van der Waals surface area contributed by atoms with Gasteiger partial charge in [-0.25, -0.2) is 8.78 Å². The predicted molar refractivity (Wildman–Crippen MR) is 77.8 cm³/mol. The molecular weight excluding hydrogens is 280 g/mol. The van der Waals surface area contributed by atoms with Gasteiger partial charge in [0, 0.05) is 17.6 Å². The summed E-state index contributed by atoms with van der Waals surface area (Å²) in [5.74, 6) is -0.679. The summed E-state index contributed by atoms with van der Waals surface area (Å²) in [4.78, 5) is 0. The zero-order chi connectivity index (χ0) is 14.7. The van der Waals surface area contributed by atoms with Crippen molar-refractivity contribution in [1.29, 1.82) is 0 Å². The summed E-state index contributed by atoms with van der Waals surface area (Å²) < 4.78 is 26.8. The molecule has 1 N–H and O–H groups in total. The Morgan fingerprint density at radius 3 is 2.30 bits per heavy atom. The lowest BCUT2D eigenvalue weighted by Crippen LogP contribution is -2.23. The van der Waals surface area contributed by atoms with Crippen molar-refractivity contribution in [2.24, 2.45) is 0 Å². The van der Waals surface area contributed by atoms with E-state index in [1.165, 1.54) is 12.1 Å². The van der Waals surface area contributed by atoms with E-state index >= 15 is 0 Å². The third kappa shape index (κ3) is 3.35. The predicted octanol–water partition coefficient (Wildman–Crippen LogP) is 5.03. The van der Waals surface area contributed by atoms with Crippen molar-refractivity contribution in [2.75, 3.05) is 0 Å².